The first-order chi connectivity index (χ1) is 9.10. The van der Waals surface area contributed by atoms with E-state index in [0.717, 1.165) is 18.0 Å². The maximum atomic E-state index is 13.4. The first kappa shape index (κ1) is 14.8. The molecule has 0 bridgehead atoms. The molecule has 0 heterocycles. The molecule has 2 nitrogen and oxygen atoms in total. The van der Waals surface area contributed by atoms with Gasteiger partial charge in [0, 0.05) is 24.2 Å². The third-order valence-corrected chi connectivity index (χ3v) is 4.26. The molecular formula is C15H22ClFN2. The summed E-state index contributed by atoms with van der Waals surface area (Å²) in [5, 5.41) is 0.433. The van der Waals surface area contributed by atoms with E-state index in [4.69, 9.17) is 17.3 Å². The first-order valence-electron chi connectivity index (χ1n) is 6.96. The van der Waals surface area contributed by atoms with Gasteiger partial charge in [-0.1, -0.05) is 24.4 Å². The smallest absolute Gasteiger partial charge is 0.125 e. The highest BCUT2D eigenvalue weighted by Gasteiger charge is 2.22. The Labute approximate surface area is 119 Å². The number of nitrogens with two attached hydrogens (primary N) is 1. The Kier molecular flexibility index (Phi) is 5.20. The fraction of sp³-hybridized carbons (Fsp3) is 0.600. The second-order valence-electron chi connectivity index (χ2n) is 5.54. The first-order valence-corrected chi connectivity index (χ1v) is 7.34. The number of halogens is 2. The van der Waals surface area contributed by atoms with Crippen molar-refractivity contribution in [3.8, 4) is 0 Å². The lowest BCUT2D eigenvalue weighted by Gasteiger charge is -2.29. The summed E-state index contributed by atoms with van der Waals surface area (Å²) in [6.45, 7) is 1.50. The Morgan fingerprint density at radius 2 is 2.05 bits per heavy atom. The zero-order chi connectivity index (χ0) is 13.8. The van der Waals surface area contributed by atoms with Crippen LogP contribution >= 0.6 is 11.6 Å². The Morgan fingerprint density at radius 3 is 2.63 bits per heavy atom. The number of nitrogens with zero attached hydrogens (tertiary/aromatic N) is 1. The van der Waals surface area contributed by atoms with Gasteiger partial charge in [0.05, 0.1) is 0 Å². The molecule has 1 aliphatic rings. The molecule has 2 rings (SSSR count). The van der Waals surface area contributed by atoms with Gasteiger partial charge in [-0.15, -0.1) is 0 Å². The fourth-order valence-electron chi connectivity index (χ4n) is 3.07. The van der Waals surface area contributed by atoms with Crippen LogP contribution in [0.15, 0.2) is 18.2 Å². The molecule has 0 aliphatic heterocycles. The van der Waals surface area contributed by atoms with Gasteiger partial charge in [0.1, 0.15) is 5.82 Å². The zero-order valence-corrected chi connectivity index (χ0v) is 12.2. The van der Waals surface area contributed by atoms with E-state index >= 15 is 0 Å². The van der Waals surface area contributed by atoms with Crippen LogP contribution in [0.3, 0.4) is 0 Å². The van der Waals surface area contributed by atoms with E-state index in [2.05, 4.69) is 11.9 Å². The van der Waals surface area contributed by atoms with Crippen molar-refractivity contribution in [3.63, 3.8) is 0 Å². The molecule has 106 valence electrons. The lowest BCUT2D eigenvalue weighted by molar-refractivity contribution is 0.212. The minimum absolute atomic E-state index is 0.0359. The number of rotatable bonds is 5. The van der Waals surface area contributed by atoms with Gasteiger partial charge in [0.15, 0.2) is 0 Å². The second kappa shape index (κ2) is 6.69. The molecule has 1 unspecified atom stereocenters. The molecule has 2 N–H and O–H groups in total. The summed E-state index contributed by atoms with van der Waals surface area (Å²) in [6, 6.07) is 4.71. The molecule has 1 atom stereocenters. The quantitative estimate of drug-likeness (QED) is 0.895. The maximum Gasteiger partial charge on any atom is 0.125 e. The highest BCUT2D eigenvalue weighted by atomic mass is 35.5. The van der Waals surface area contributed by atoms with E-state index < -0.39 is 0 Å². The Bertz CT molecular complexity index is 398. The predicted molar refractivity (Wildman–Crippen MR) is 77.8 cm³/mol. The molecule has 0 aromatic heterocycles. The summed E-state index contributed by atoms with van der Waals surface area (Å²) in [7, 11) is 2.06. The van der Waals surface area contributed by atoms with Crippen LogP contribution in [-0.4, -0.2) is 25.0 Å². The minimum Gasteiger partial charge on any atom is -0.329 e. The van der Waals surface area contributed by atoms with Crippen molar-refractivity contribution in [1.29, 1.82) is 0 Å². The van der Waals surface area contributed by atoms with Gasteiger partial charge < -0.3 is 5.73 Å². The normalized spacial score (nSPS) is 18.2. The molecular weight excluding hydrogens is 263 g/mol. The second-order valence-corrected chi connectivity index (χ2v) is 5.98. The third-order valence-electron chi connectivity index (χ3n) is 4.05. The molecule has 0 saturated heterocycles. The summed E-state index contributed by atoms with van der Waals surface area (Å²) in [4.78, 5) is 2.24. The van der Waals surface area contributed by atoms with Crippen LogP contribution < -0.4 is 5.73 Å². The SMILES string of the molecule is CN(CC1CCCC1)C(CN)c1cc(F)cc(Cl)c1. The van der Waals surface area contributed by atoms with E-state index in [0.29, 0.717) is 11.6 Å². The van der Waals surface area contributed by atoms with Crippen molar-refractivity contribution < 1.29 is 4.39 Å². The average molecular weight is 285 g/mol. The van der Waals surface area contributed by atoms with Crippen LogP contribution in [0, 0.1) is 11.7 Å². The molecule has 0 radical (unpaired) electrons. The lowest BCUT2D eigenvalue weighted by Crippen LogP contribution is -2.33. The van der Waals surface area contributed by atoms with Gasteiger partial charge in [0.25, 0.3) is 0 Å². The molecule has 1 aliphatic carbocycles. The highest BCUT2D eigenvalue weighted by molar-refractivity contribution is 6.30. The third kappa shape index (κ3) is 3.91. The molecule has 1 fully saturated rings. The number of benzene rings is 1. The van der Waals surface area contributed by atoms with Gasteiger partial charge in [-0.2, -0.15) is 0 Å². The van der Waals surface area contributed by atoms with Gasteiger partial charge in [-0.05, 0) is 49.6 Å². The summed E-state index contributed by atoms with van der Waals surface area (Å²) in [6.07, 6.45) is 5.26. The standard InChI is InChI=1S/C15H22ClFN2/c1-19(10-11-4-2-3-5-11)15(9-18)12-6-13(16)8-14(17)7-12/h6-8,11,15H,2-5,9-10,18H2,1H3. The van der Waals surface area contributed by atoms with Crippen LogP contribution in [0.1, 0.15) is 37.3 Å². The molecule has 1 aromatic carbocycles. The Balaban J connectivity index is 2.08. The van der Waals surface area contributed by atoms with Crippen molar-refractivity contribution in [2.24, 2.45) is 11.7 Å². The molecule has 1 saturated carbocycles. The minimum atomic E-state index is -0.296. The Morgan fingerprint density at radius 1 is 1.37 bits per heavy atom. The zero-order valence-electron chi connectivity index (χ0n) is 11.4. The van der Waals surface area contributed by atoms with Crippen molar-refractivity contribution in [2.45, 2.75) is 31.7 Å². The summed E-state index contributed by atoms with van der Waals surface area (Å²) in [5.41, 5.74) is 6.74. The van der Waals surface area contributed by atoms with Gasteiger partial charge >= 0.3 is 0 Å². The molecule has 19 heavy (non-hydrogen) atoms. The van der Waals surface area contributed by atoms with E-state index in [-0.39, 0.29) is 11.9 Å². The summed E-state index contributed by atoms with van der Waals surface area (Å²) in [5.74, 6) is 0.457. The van der Waals surface area contributed by atoms with Crippen molar-refractivity contribution in [2.75, 3.05) is 20.1 Å². The van der Waals surface area contributed by atoms with Crippen molar-refractivity contribution >= 4 is 11.6 Å². The monoisotopic (exact) mass is 284 g/mol. The van der Waals surface area contributed by atoms with Crippen LogP contribution in [0.2, 0.25) is 5.02 Å². The highest BCUT2D eigenvalue weighted by Crippen LogP contribution is 2.29. The molecule has 0 spiro atoms. The van der Waals surface area contributed by atoms with E-state index in [1.807, 2.05) is 6.07 Å². The van der Waals surface area contributed by atoms with Crippen LogP contribution in [-0.2, 0) is 0 Å². The fourth-order valence-corrected chi connectivity index (χ4v) is 3.30. The van der Waals surface area contributed by atoms with Gasteiger partial charge in [-0.25, -0.2) is 4.39 Å². The number of hydrogen-bond acceptors (Lipinski definition) is 2. The summed E-state index contributed by atoms with van der Waals surface area (Å²) < 4.78 is 13.4. The maximum absolute atomic E-state index is 13.4. The van der Waals surface area contributed by atoms with Gasteiger partial charge in [-0.3, -0.25) is 4.90 Å². The lowest BCUT2D eigenvalue weighted by atomic mass is 10.0. The largest absolute Gasteiger partial charge is 0.329 e. The molecule has 0 amide bonds. The van der Waals surface area contributed by atoms with E-state index in [1.54, 1.807) is 0 Å². The van der Waals surface area contributed by atoms with Crippen LogP contribution in [0.5, 0.6) is 0 Å². The topological polar surface area (TPSA) is 29.3 Å². The molecule has 1 aromatic rings. The van der Waals surface area contributed by atoms with Crippen molar-refractivity contribution in [1.82, 2.24) is 4.90 Å². The van der Waals surface area contributed by atoms with Crippen LogP contribution in [0.25, 0.3) is 0 Å². The summed E-state index contributed by atoms with van der Waals surface area (Å²) >= 11 is 5.93. The van der Waals surface area contributed by atoms with Crippen LogP contribution in [0.4, 0.5) is 4.39 Å². The van der Waals surface area contributed by atoms with E-state index in [1.165, 1.54) is 37.8 Å². The molecule has 4 heteroatoms. The average Bonchev–Trinajstić information content (AvgIpc) is 2.81. The Hall–Kier alpha value is -0.640. The number of likely N-dealkylation sites (N-methyl/N-ethyl adjacent to an activating group) is 1. The van der Waals surface area contributed by atoms with Gasteiger partial charge in [0.2, 0.25) is 0 Å². The van der Waals surface area contributed by atoms with Crippen molar-refractivity contribution in [3.05, 3.63) is 34.6 Å². The predicted octanol–water partition coefficient (Wildman–Crippen LogP) is 3.60. The van der Waals surface area contributed by atoms with E-state index in [9.17, 15) is 4.39 Å². The number of hydrogen-bond donors (Lipinski definition) is 1.